The minimum Gasteiger partial charge on any atom is -0.463 e. The summed E-state index contributed by atoms with van der Waals surface area (Å²) in [6.07, 6.45) is 0.463. The molecule has 1 aliphatic rings. The van der Waals surface area contributed by atoms with Gasteiger partial charge < -0.3 is 25.8 Å². The molecule has 0 aliphatic carbocycles. The van der Waals surface area contributed by atoms with Crippen LogP contribution in [0.2, 0.25) is 0 Å². The second-order valence-electron chi connectivity index (χ2n) is 6.80. The Kier molecular flexibility index (Phi) is 8.94. The normalized spacial score (nSPS) is 19.8. The molecule has 1 aliphatic heterocycles. The molecular weight excluding hydrogens is 322 g/mol. The number of rotatable bonds is 4. The van der Waals surface area contributed by atoms with E-state index in [9.17, 15) is 9.59 Å². The van der Waals surface area contributed by atoms with Crippen LogP contribution in [0.25, 0.3) is 0 Å². The number of hydrogen-bond acceptors (Lipinski definition) is 6. The molecule has 7 nitrogen and oxygen atoms in total. The average Bonchev–Trinajstić information content (AvgIpc) is 2.55. The Morgan fingerprint density at radius 3 is 2.60 bits per heavy atom. The Morgan fingerprint density at radius 1 is 1.36 bits per heavy atom. The van der Waals surface area contributed by atoms with Crippen LogP contribution < -0.4 is 16.4 Å². The van der Waals surface area contributed by atoms with Gasteiger partial charge in [-0.1, -0.05) is 30.3 Å². The number of hydrogen-bond donors (Lipinski definition) is 3. The van der Waals surface area contributed by atoms with Gasteiger partial charge in [0.2, 0.25) is 0 Å². The Balaban J connectivity index is 0.000000271. The number of carbonyl (C=O) groups is 2. The first-order chi connectivity index (χ1) is 11.8. The van der Waals surface area contributed by atoms with Crippen LogP contribution in [0, 0.1) is 0 Å². The molecule has 1 heterocycles. The van der Waals surface area contributed by atoms with E-state index in [0.717, 1.165) is 25.1 Å². The van der Waals surface area contributed by atoms with E-state index in [4.69, 9.17) is 10.5 Å². The van der Waals surface area contributed by atoms with E-state index >= 15 is 0 Å². The van der Waals surface area contributed by atoms with Gasteiger partial charge in [0.05, 0.1) is 0 Å². The van der Waals surface area contributed by atoms with E-state index in [1.165, 1.54) is 0 Å². The molecule has 0 unspecified atom stereocenters. The highest BCUT2D eigenvalue weighted by molar-refractivity contribution is 5.68. The summed E-state index contributed by atoms with van der Waals surface area (Å²) in [7, 11) is 0. The van der Waals surface area contributed by atoms with Gasteiger partial charge in [-0.15, -0.1) is 0 Å². The van der Waals surface area contributed by atoms with Gasteiger partial charge >= 0.3 is 6.09 Å². The molecule has 4 N–H and O–H groups in total. The molecule has 1 aromatic rings. The first-order valence-electron chi connectivity index (χ1n) is 8.37. The number of nitrogens with one attached hydrogen (secondary N) is 2. The summed E-state index contributed by atoms with van der Waals surface area (Å²) < 4.78 is 9.70. The van der Waals surface area contributed by atoms with Crippen LogP contribution in [0.15, 0.2) is 30.3 Å². The van der Waals surface area contributed by atoms with Crippen LogP contribution in [0.5, 0.6) is 0 Å². The smallest absolute Gasteiger partial charge is 0.407 e. The Labute approximate surface area is 149 Å². The van der Waals surface area contributed by atoms with E-state index in [1.807, 2.05) is 51.1 Å². The molecule has 1 fully saturated rings. The van der Waals surface area contributed by atoms with Crippen LogP contribution in [0.1, 0.15) is 32.8 Å². The number of nitrogens with two attached hydrogens (primary N) is 1. The van der Waals surface area contributed by atoms with Gasteiger partial charge in [0.25, 0.3) is 6.47 Å². The molecule has 0 aromatic heterocycles. The number of ether oxygens (including phenoxy) is 2. The van der Waals surface area contributed by atoms with Crippen LogP contribution >= 0.6 is 0 Å². The summed E-state index contributed by atoms with van der Waals surface area (Å²) in [5.74, 6) is 0. The summed E-state index contributed by atoms with van der Waals surface area (Å²) in [6.45, 7) is 7.96. The lowest BCUT2D eigenvalue weighted by Gasteiger charge is -2.30. The number of carbonyl (C=O) groups excluding carboxylic acids is 2. The minimum atomic E-state index is -0.457. The fourth-order valence-corrected chi connectivity index (χ4v) is 2.23. The van der Waals surface area contributed by atoms with Crippen molar-refractivity contribution in [2.45, 2.75) is 51.5 Å². The monoisotopic (exact) mass is 351 g/mol. The van der Waals surface area contributed by atoms with E-state index in [1.54, 1.807) is 0 Å². The van der Waals surface area contributed by atoms with Crippen LogP contribution in [-0.4, -0.2) is 43.3 Å². The Bertz CT molecular complexity index is 517. The van der Waals surface area contributed by atoms with E-state index in [-0.39, 0.29) is 18.2 Å². The van der Waals surface area contributed by atoms with E-state index < -0.39 is 5.60 Å². The second kappa shape index (κ2) is 10.7. The maximum absolute atomic E-state index is 11.5. The lowest BCUT2D eigenvalue weighted by Crippen LogP contribution is -2.57. The van der Waals surface area contributed by atoms with Gasteiger partial charge in [-0.2, -0.15) is 0 Å². The zero-order valence-corrected chi connectivity index (χ0v) is 15.2. The summed E-state index contributed by atoms with van der Waals surface area (Å²) in [6, 6.07) is 9.53. The summed E-state index contributed by atoms with van der Waals surface area (Å²) in [5, 5.41) is 5.97. The summed E-state index contributed by atoms with van der Waals surface area (Å²) in [4.78, 5) is 21.2. The zero-order valence-electron chi connectivity index (χ0n) is 15.2. The van der Waals surface area contributed by atoms with Crippen molar-refractivity contribution in [3.05, 3.63) is 35.9 Å². The topological polar surface area (TPSA) is 103 Å². The van der Waals surface area contributed by atoms with Crippen molar-refractivity contribution in [3.8, 4) is 0 Å². The van der Waals surface area contributed by atoms with Crippen molar-refractivity contribution >= 4 is 12.6 Å². The number of benzene rings is 1. The van der Waals surface area contributed by atoms with Crippen LogP contribution in [0.4, 0.5) is 4.79 Å². The third-order valence-electron chi connectivity index (χ3n) is 3.39. The summed E-state index contributed by atoms with van der Waals surface area (Å²) in [5.41, 5.74) is 6.41. The number of piperidine rings is 1. The van der Waals surface area contributed by atoms with Crippen molar-refractivity contribution in [1.82, 2.24) is 10.6 Å². The molecule has 2 rings (SSSR count). The molecule has 1 aromatic carbocycles. The predicted molar refractivity (Wildman–Crippen MR) is 95.9 cm³/mol. The first kappa shape index (κ1) is 20.9. The van der Waals surface area contributed by atoms with Crippen molar-refractivity contribution in [1.29, 1.82) is 0 Å². The minimum absolute atomic E-state index is 0.0149. The quantitative estimate of drug-likeness (QED) is 0.712. The molecule has 2 atom stereocenters. The highest BCUT2D eigenvalue weighted by atomic mass is 16.6. The first-order valence-corrected chi connectivity index (χ1v) is 8.37. The third kappa shape index (κ3) is 9.69. The van der Waals surface area contributed by atoms with Crippen LogP contribution in [0.3, 0.4) is 0 Å². The van der Waals surface area contributed by atoms with Gasteiger partial charge in [0, 0.05) is 18.6 Å². The van der Waals surface area contributed by atoms with Gasteiger partial charge in [-0.3, -0.25) is 4.79 Å². The van der Waals surface area contributed by atoms with Crippen molar-refractivity contribution in [2.24, 2.45) is 5.73 Å². The van der Waals surface area contributed by atoms with Gasteiger partial charge in [-0.25, -0.2) is 4.79 Å². The molecule has 7 heteroatoms. The van der Waals surface area contributed by atoms with Crippen LogP contribution in [-0.2, 0) is 20.9 Å². The Morgan fingerprint density at radius 2 is 2.04 bits per heavy atom. The fraction of sp³-hybridized carbons (Fsp3) is 0.556. The lowest BCUT2D eigenvalue weighted by molar-refractivity contribution is -0.129. The molecule has 0 bridgehead atoms. The molecule has 1 saturated heterocycles. The highest BCUT2D eigenvalue weighted by Crippen LogP contribution is 2.08. The largest absolute Gasteiger partial charge is 0.463 e. The van der Waals surface area contributed by atoms with Gasteiger partial charge in [-0.05, 0) is 39.3 Å². The molecule has 140 valence electrons. The molecule has 25 heavy (non-hydrogen) atoms. The average molecular weight is 351 g/mol. The van der Waals surface area contributed by atoms with Crippen molar-refractivity contribution < 1.29 is 19.1 Å². The maximum atomic E-state index is 11.5. The zero-order chi connectivity index (χ0) is 18.7. The van der Waals surface area contributed by atoms with Gasteiger partial charge in [0.1, 0.15) is 12.2 Å². The fourth-order valence-electron chi connectivity index (χ4n) is 2.23. The SMILES string of the molecule is CC(C)(C)OC(=O)N[C@H]1CCNC[C@H]1N.O=COCc1ccccc1. The van der Waals surface area contributed by atoms with Crippen molar-refractivity contribution in [2.75, 3.05) is 13.1 Å². The van der Waals surface area contributed by atoms with Gasteiger partial charge in [0.15, 0.2) is 0 Å². The van der Waals surface area contributed by atoms with E-state index in [2.05, 4.69) is 15.4 Å². The summed E-state index contributed by atoms with van der Waals surface area (Å²) >= 11 is 0. The number of amides is 1. The molecule has 0 radical (unpaired) electrons. The van der Waals surface area contributed by atoms with Crippen molar-refractivity contribution in [3.63, 3.8) is 0 Å². The lowest BCUT2D eigenvalue weighted by atomic mass is 10.0. The Hall–Kier alpha value is -2.12. The van der Waals surface area contributed by atoms with E-state index in [0.29, 0.717) is 13.1 Å². The highest BCUT2D eigenvalue weighted by Gasteiger charge is 2.25. The molecule has 1 amide bonds. The molecular formula is C18H29N3O4. The second-order valence-corrected chi connectivity index (χ2v) is 6.80. The third-order valence-corrected chi connectivity index (χ3v) is 3.39. The number of alkyl carbamates (subject to hydrolysis) is 1. The molecule has 0 saturated carbocycles. The standard InChI is InChI=1S/C10H21N3O2.C8H8O2/c1-10(2,3)15-9(14)13-8-4-5-12-6-7(8)11;9-7-10-6-8-4-2-1-3-5-8/h7-8,12H,4-6,11H2,1-3H3,(H,13,14);1-5,7H,6H2/t7-,8+;/m1./s1. The molecule has 0 spiro atoms. The predicted octanol–water partition coefficient (Wildman–Crippen LogP) is 1.56. The maximum Gasteiger partial charge on any atom is 0.407 e.